The van der Waals surface area contributed by atoms with Gasteiger partial charge in [0.25, 0.3) is 0 Å². The number of rotatable bonds is 7. The van der Waals surface area contributed by atoms with Crippen LogP contribution in [0, 0.1) is 5.92 Å². The Morgan fingerprint density at radius 3 is 2.71 bits per heavy atom. The third-order valence-corrected chi connectivity index (χ3v) is 3.38. The molecule has 0 aliphatic heterocycles. The minimum atomic E-state index is -0.895. The number of thiophene rings is 1. The Morgan fingerprint density at radius 1 is 1.53 bits per heavy atom. The molecule has 1 unspecified atom stereocenters. The van der Waals surface area contributed by atoms with Crippen LogP contribution >= 0.6 is 11.3 Å². The Bertz CT molecular complexity index is 362. The van der Waals surface area contributed by atoms with Crippen molar-refractivity contribution in [1.29, 1.82) is 0 Å². The molecule has 0 aliphatic carbocycles. The Kier molecular flexibility index (Phi) is 5.61. The minimum absolute atomic E-state index is 0.0744. The van der Waals surface area contributed by atoms with Crippen LogP contribution in [0.5, 0.6) is 0 Å². The van der Waals surface area contributed by atoms with Crippen molar-refractivity contribution in [2.45, 2.75) is 32.9 Å². The fraction of sp³-hybridized carbons (Fsp3) is 0.583. The summed E-state index contributed by atoms with van der Waals surface area (Å²) in [6.45, 7) is 4.93. The first-order valence-corrected chi connectivity index (χ1v) is 6.55. The van der Waals surface area contributed by atoms with Gasteiger partial charge in [-0.1, -0.05) is 13.8 Å². The molecular formula is C12H19NO3S. The van der Waals surface area contributed by atoms with Gasteiger partial charge in [-0.3, -0.25) is 0 Å². The van der Waals surface area contributed by atoms with Crippen molar-refractivity contribution in [1.82, 2.24) is 5.32 Å². The van der Waals surface area contributed by atoms with E-state index in [1.807, 2.05) is 0 Å². The highest BCUT2D eigenvalue weighted by Gasteiger charge is 2.11. The van der Waals surface area contributed by atoms with E-state index >= 15 is 0 Å². The van der Waals surface area contributed by atoms with E-state index in [1.165, 1.54) is 11.3 Å². The number of nitrogens with one attached hydrogen (secondary N) is 1. The molecule has 0 aliphatic rings. The minimum Gasteiger partial charge on any atom is -0.478 e. The highest BCUT2D eigenvalue weighted by Crippen LogP contribution is 2.15. The lowest BCUT2D eigenvalue weighted by Crippen LogP contribution is -2.33. The van der Waals surface area contributed by atoms with E-state index in [9.17, 15) is 9.90 Å². The summed E-state index contributed by atoms with van der Waals surface area (Å²) in [7, 11) is 0. The van der Waals surface area contributed by atoms with Crippen LogP contribution in [0.15, 0.2) is 11.4 Å². The van der Waals surface area contributed by atoms with Gasteiger partial charge in [0.05, 0.1) is 12.2 Å². The molecule has 1 atom stereocenters. The van der Waals surface area contributed by atoms with Crippen LogP contribution in [-0.2, 0) is 6.54 Å². The zero-order valence-corrected chi connectivity index (χ0v) is 11.0. The van der Waals surface area contributed by atoms with E-state index in [2.05, 4.69) is 19.2 Å². The summed E-state index contributed by atoms with van der Waals surface area (Å²) in [6, 6.07) is 1.74. The number of carboxylic acids is 1. The number of carboxylic acid groups (broad SMARTS) is 1. The lowest BCUT2D eigenvalue weighted by atomic mass is 10.0. The smallest absolute Gasteiger partial charge is 0.336 e. The molecule has 0 spiro atoms. The third kappa shape index (κ3) is 4.85. The van der Waals surface area contributed by atoms with Crippen molar-refractivity contribution in [3.63, 3.8) is 0 Å². The number of hydrogen-bond acceptors (Lipinski definition) is 4. The predicted molar refractivity (Wildman–Crippen MR) is 68.4 cm³/mol. The van der Waals surface area contributed by atoms with E-state index in [1.54, 1.807) is 11.4 Å². The summed E-state index contributed by atoms with van der Waals surface area (Å²) in [6.07, 6.45) is 0.910. The highest BCUT2D eigenvalue weighted by molar-refractivity contribution is 7.10. The molecule has 1 aromatic rings. The molecular weight excluding hydrogens is 238 g/mol. The first-order chi connectivity index (χ1) is 8.02. The summed E-state index contributed by atoms with van der Waals surface area (Å²) in [5.41, 5.74) is 0.330. The average molecular weight is 257 g/mol. The van der Waals surface area contributed by atoms with E-state index < -0.39 is 5.97 Å². The van der Waals surface area contributed by atoms with Crippen LogP contribution in [0.25, 0.3) is 0 Å². The van der Waals surface area contributed by atoms with Crippen LogP contribution in [0.4, 0.5) is 0 Å². The molecule has 96 valence electrons. The van der Waals surface area contributed by atoms with Crippen molar-refractivity contribution in [2.24, 2.45) is 5.92 Å². The monoisotopic (exact) mass is 257 g/mol. The lowest BCUT2D eigenvalue weighted by Gasteiger charge is -2.17. The zero-order chi connectivity index (χ0) is 12.8. The average Bonchev–Trinajstić information content (AvgIpc) is 2.72. The molecule has 1 aromatic heterocycles. The first-order valence-electron chi connectivity index (χ1n) is 5.68. The van der Waals surface area contributed by atoms with E-state index in [4.69, 9.17) is 5.11 Å². The second-order valence-electron chi connectivity index (χ2n) is 4.50. The number of aromatic carboxylic acids is 1. The van der Waals surface area contributed by atoms with Crippen molar-refractivity contribution in [3.8, 4) is 0 Å². The summed E-state index contributed by atoms with van der Waals surface area (Å²) < 4.78 is 0. The van der Waals surface area contributed by atoms with Gasteiger partial charge in [-0.05, 0) is 18.4 Å². The van der Waals surface area contributed by atoms with Gasteiger partial charge in [0.1, 0.15) is 0 Å². The van der Waals surface area contributed by atoms with Crippen molar-refractivity contribution >= 4 is 17.3 Å². The van der Waals surface area contributed by atoms with Crippen LogP contribution in [0.2, 0.25) is 0 Å². The second-order valence-corrected chi connectivity index (χ2v) is 5.49. The molecule has 17 heavy (non-hydrogen) atoms. The van der Waals surface area contributed by atoms with E-state index in [0.717, 1.165) is 11.3 Å². The van der Waals surface area contributed by atoms with E-state index in [-0.39, 0.29) is 12.6 Å². The van der Waals surface area contributed by atoms with Gasteiger partial charge in [-0.2, -0.15) is 0 Å². The Labute approximate surface area is 105 Å². The molecule has 0 saturated carbocycles. The van der Waals surface area contributed by atoms with Crippen LogP contribution in [0.1, 0.15) is 35.5 Å². The molecule has 5 heteroatoms. The largest absolute Gasteiger partial charge is 0.478 e. The number of aliphatic hydroxyl groups is 1. The molecule has 0 saturated heterocycles. The zero-order valence-electron chi connectivity index (χ0n) is 10.1. The van der Waals surface area contributed by atoms with Gasteiger partial charge < -0.3 is 15.5 Å². The van der Waals surface area contributed by atoms with Gasteiger partial charge in [-0.25, -0.2) is 4.79 Å². The maximum Gasteiger partial charge on any atom is 0.336 e. The Morgan fingerprint density at radius 2 is 2.24 bits per heavy atom. The van der Waals surface area contributed by atoms with Crippen LogP contribution < -0.4 is 5.32 Å². The van der Waals surface area contributed by atoms with Crippen LogP contribution in [0.3, 0.4) is 0 Å². The predicted octanol–water partition coefficient (Wildman–Crippen LogP) is 1.94. The molecule has 1 rings (SSSR count). The standard InChI is InChI=1S/C12H19NO3S/c1-8(2)3-10(6-14)13-5-11-4-9(7-17-11)12(15)16/h4,7-8,10,13-14H,3,5-6H2,1-2H3,(H,15,16). The summed E-state index contributed by atoms with van der Waals surface area (Å²) in [4.78, 5) is 11.7. The van der Waals surface area contributed by atoms with Gasteiger partial charge >= 0.3 is 5.97 Å². The second kappa shape index (κ2) is 6.74. The van der Waals surface area contributed by atoms with Gasteiger partial charge in [0.2, 0.25) is 0 Å². The molecule has 4 nitrogen and oxygen atoms in total. The Hall–Kier alpha value is -0.910. The topological polar surface area (TPSA) is 69.6 Å². The SMILES string of the molecule is CC(C)CC(CO)NCc1cc(C(=O)O)cs1. The summed E-state index contributed by atoms with van der Waals surface area (Å²) in [5, 5.41) is 22.9. The highest BCUT2D eigenvalue weighted by atomic mass is 32.1. The Balaban J connectivity index is 2.45. The summed E-state index contributed by atoms with van der Waals surface area (Å²) >= 11 is 1.42. The van der Waals surface area contributed by atoms with E-state index in [0.29, 0.717) is 18.0 Å². The molecule has 0 fully saturated rings. The van der Waals surface area contributed by atoms with Crippen LogP contribution in [-0.4, -0.2) is 28.8 Å². The molecule has 0 aromatic carbocycles. The number of hydrogen-bond donors (Lipinski definition) is 3. The number of carbonyl (C=O) groups is 1. The third-order valence-electron chi connectivity index (χ3n) is 2.44. The normalized spacial score (nSPS) is 12.9. The van der Waals surface area contributed by atoms with Crippen molar-refractivity contribution < 1.29 is 15.0 Å². The first kappa shape index (κ1) is 14.2. The molecule has 0 radical (unpaired) electrons. The molecule has 3 N–H and O–H groups in total. The van der Waals surface area contributed by atoms with Crippen molar-refractivity contribution in [2.75, 3.05) is 6.61 Å². The van der Waals surface area contributed by atoms with Crippen molar-refractivity contribution in [3.05, 3.63) is 21.9 Å². The maximum atomic E-state index is 10.7. The summed E-state index contributed by atoms with van der Waals surface area (Å²) in [5.74, 6) is -0.369. The van der Waals surface area contributed by atoms with Gasteiger partial charge in [0.15, 0.2) is 0 Å². The quantitative estimate of drug-likeness (QED) is 0.698. The maximum absolute atomic E-state index is 10.7. The van der Waals surface area contributed by atoms with Gasteiger partial charge in [-0.15, -0.1) is 11.3 Å². The molecule has 1 heterocycles. The fourth-order valence-corrected chi connectivity index (χ4v) is 2.43. The molecule has 0 bridgehead atoms. The number of aliphatic hydroxyl groups excluding tert-OH is 1. The van der Waals surface area contributed by atoms with Gasteiger partial charge in [0, 0.05) is 22.8 Å². The lowest BCUT2D eigenvalue weighted by molar-refractivity contribution is 0.0697. The fourth-order valence-electron chi connectivity index (χ4n) is 1.62. The molecule has 0 amide bonds.